The van der Waals surface area contributed by atoms with Gasteiger partial charge in [-0.2, -0.15) is 0 Å². The summed E-state index contributed by atoms with van der Waals surface area (Å²) in [5.41, 5.74) is 6.60. The van der Waals surface area contributed by atoms with Gasteiger partial charge in [0.2, 0.25) is 5.91 Å². The fraction of sp³-hybridized carbons (Fsp3) is 0.417. The van der Waals surface area contributed by atoms with Crippen LogP contribution in [-0.2, 0) is 4.79 Å². The number of hydrogen-bond acceptors (Lipinski definition) is 2. The van der Waals surface area contributed by atoms with Crippen LogP contribution >= 0.6 is 31.9 Å². The zero-order valence-corrected chi connectivity index (χ0v) is 13.0. The molecule has 1 amide bonds. The van der Waals surface area contributed by atoms with Gasteiger partial charge in [-0.1, -0.05) is 26.3 Å². The molecule has 0 saturated heterocycles. The van der Waals surface area contributed by atoms with Crippen LogP contribution in [0, 0.1) is 5.92 Å². The van der Waals surface area contributed by atoms with E-state index in [1.807, 2.05) is 32.0 Å². The van der Waals surface area contributed by atoms with Gasteiger partial charge < -0.3 is 11.1 Å². The second-order valence-electron chi connectivity index (χ2n) is 4.00. The lowest BCUT2D eigenvalue weighted by Gasteiger charge is -2.18. The van der Waals surface area contributed by atoms with Crippen molar-refractivity contribution in [1.29, 1.82) is 0 Å². The molecule has 0 bridgehead atoms. The van der Waals surface area contributed by atoms with Gasteiger partial charge >= 0.3 is 0 Å². The van der Waals surface area contributed by atoms with E-state index in [2.05, 4.69) is 37.2 Å². The van der Waals surface area contributed by atoms with Crippen molar-refractivity contribution in [3.63, 3.8) is 0 Å². The smallest absolute Gasteiger partial charge is 0.241 e. The maximum Gasteiger partial charge on any atom is 0.241 e. The Bertz CT molecular complexity index is 389. The molecule has 2 atom stereocenters. The summed E-state index contributed by atoms with van der Waals surface area (Å²) in [5, 5.41) is 2.84. The number of amides is 1. The third-order valence-corrected chi connectivity index (χ3v) is 4.09. The Hall–Kier alpha value is -0.390. The summed E-state index contributed by atoms with van der Waals surface area (Å²) in [5.74, 6) is 0.00298. The summed E-state index contributed by atoms with van der Waals surface area (Å²) >= 11 is 6.79. The average molecular weight is 364 g/mol. The Kier molecular flexibility index (Phi) is 5.62. The first-order chi connectivity index (χ1) is 7.97. The van der Waals surface area contributed by atoms with E-state index in [0.717, 1.165) is 21.1 Å². The van der Waals surface area contributed by atoms with E-state index in [1.54, 1.807) is 0 Å². The molecule has 1 aromatic rings. The molecule has 0 radical (unpaired) electrons. The monoisotopic (exact) mass is 362 g/mol. The van der Waals surface area contributed by atoms with Gasteiger partial charge in [0.15, 0.2) is 0 Å². The van der Waals surface area contributed by atoms with E-state index >= 15 is 0 Å². The maximum atomic E-state index is 11.9. The minimum atomic E-state index is -0.487. The summed E-state index contributed by atoms with van der Waals surface area (Å²) in [4.78, 5) is 11.9. The Morgan fingerprint density at radius 3 is 2.41 bits per heavy atom. The van der Waals surface area contributed by atoms with Crippen molar-refractivity contribution in [3.8, 4) is 0 Å². The van der Waals surface area contributed by atoms with Crippen molar-refractivity contribution < 1.29 is 4.79 Å². The number of carbonyl (C=O) groups is 1. The number of halogens is 2. The molecule has 0 saturated carbocycles. The van der Waals surface area contributed by atoms with Crippen LogP contribution in [0.25, 0.3) is 0 Å². The highest BCUT2D eigenvalue weighted by atomic mass is 79.9. The lowest BCUT2D eigenvalue weighted by molar-refractivity contribution is -0.118. The normalized spacial score (nSPS) is 14.2. The topological polar surface area (TPSA) is 55.1 Å². The van der Waals surface area contributed by atoms with Gasteiger partial charge in [0.25, 0.3) is 0 Å². The number of nitrogens with one attached hydrogen (secondary N) is 1. The molecule has 0 aromatic heterocycles. The number of rotatable bonds is 4. The molecule has 3 N–H and O–H groups in total. The van der Waals surface area contributed by atoms with Gasteiger partial charge in [-0.05, 0) is 49.9 Å². The molecule has 2 unspecified atom stereocenters. The van der Waals surface area contributed by atoms with Gasteiger partial charge in [-0.3, -0.25) is 4.79 Å². The van der Waals surface area contributed by atoms with Crippen molar-refractivity contribution in [2.75, 3.05) is 5.32 Å². The summed E-state index contributed by atoms with van der Waals surface area (Å²) in [6.07, 6.45) is 0.881. The number of anilines is 1. The molecule has 1 rings (SSSR count). The van der Waals surface area contributed by atoms with Crippen LogP contribution in [0.1, 0.15) is 20.3 Å². The van der Waals surface area contributed by atoms with E-state index < -0.39 is 6.04 Å². The molecule has 94 valence electrons. The molecule has 17 heavy (non-hydrogen) atoms. The first kappa shape index (κ1) is 14.7. The summed E-state index contributed by atoms with van der Waals surface area (Å²) < 4.78 is 1.66. The lowest BCUT2D eigenvalue weighted by Crippen LogP contribution is -2.40. The first-order valence-corrected chi connectivity index (χ1v) is 7.06. The highest BCUT2D eigenvalue weighted by Crippen LogP contribution is 2.30. The van der Waals surface area contributed by atoms with Gasteiger partial charge in [-0.15, -0.1) is 0 Å². The molecule has 0 heterocycles. The van der Waals surface area contributed by atoms with Crippen molar-refractivity contribution in [2.45, 2.75) is 26.3 Å². The van der Waals surface area contributed by atoms with Gasteiger partial charge in [0, 0.05) is 8.95 Å². The second kappa shape index (κ2) is 6.52. The molecule has 3 nitrogen and oxygen atoms in total. The van der Waals surface area contributed by atoms with E-state index in [-0.39, 0.29) is 11.8 Å². The minimum Gasteiger partial charge on any atom is -0.323 e. The average Bonchev–Trinajstić information content (AvgIpc) is 2.31. The van der Waals surface area contributed by atoms with Crippen LogP contribution in [0.15, 0.2) is 27.1 Å². The molecular weight excluding hydrogens is 348 g/mol. The van der Waals surface area contributed by atoms with Crippen molar-refractivity contribution >= 4 is 43.5 Å². The second-order valence-corrected chi connectivity index (χ2v) is 5.71. The molecule has 0 fully saturated rings. The lowest BCUT2D eigenvalue weighted by atomic mass is 9.99. The van der Waals surface area contributed by atoms with Gasteiger partial charge in [0.05, 0.1) is 11.7 Å². The van der Waals surface area contributed by atoms with Crippen molar-refractivity contribution in [2.24, 2.45) is 11.7 Å². The third kappa shape index (κ3) is 3.79. The number of benzene rings is 1. The predicted molar refractivity (Wildman–Crippen MR) is 77.9 cm³/mol. The summed E-state index contributed by atoms with van der Waals surface area (Å²) in [6.45, 7) is 3.99. The van der Waals surface area contributed by atoms with Crippen LogP contribution in [0.2, 0.25) is 0 Å². The number of nitrogens with two attached hydrogens (primary N) is 1. The van der Waals surface area contributed by atoms with Crippen LogP contribution < -0.4 is 11.1 Å². The molecule has 0 spiro atoms. The minimum absolute atomic E-state index is 0.160. The SMILES string of the molecule is CCC(C)C(N)C(=O)Nc1c(Br)cccc1Br. The maximum absolute atomic E-state index is 11.9. The highest BCUT2D eigenvalue weighted by molar-refractivity contribution is 9.11. The summed E-state index contributed by atoms with van der Waals surface area (Å²) in [7, 11) is 0. The molecule has 0 aliphatic carbocycles. The zero-order chi connectivity index (χ0) is 13.0. The van der Waals surface area contributed by atoms with Crippen LogP contribution in [0.5, 0.6) is 0 Å². The Labute approximate surface area is 118 Å². The van der Waals surface area contributed by atoms with Crippen molar-refractivity contribution in [1.82, 2.24) is 0 Å². The molecular formula is C12H16Br2N2O. The number of para-hydroxylation sites is 1. The number of hydrogen-bond donors (Lipinski definition) is 2. The fourth-order valence-electron chi connectivity index (χ4n) is 1.34. The number of carbonyl (C=O) groups excluding carboxylic acids is 1. The molecule has 0 aliphatic rings. The molecule has 1 aromatic carbocycles. The predicted octanol–water partition coefficient (Wildman–Crippen LogP) is 3.52. The van der Waals surface area contributed by atoms with Crippen molar-refractivity contribution in [3.05, 3.63) is 27.1 Å². The quantitative estimate of drug-likeness (QED) is 0.859. The summed E-state index contributed by atoms with van der Waals surface area (Å²) in [6, 6.07) is 5.14. The van der Waals surface area contributed by atoms with E-state index in [4.69, 9.17) is 5.73 Å². The largest absolute Gasteiger partial charge is 0.323 e. The van der Waals surface area contributed by atoms with E-state index in [0.29, 0.717) is 0 Å². The standard InChI is InChI=1S/C12H16Br2N2O/c1-3-7(2)10(15)12(17)16-11-8(13)5-4-6-9(11)14/h4-7,10H,3,15H2,1-2H3,(H,16,17). The van der Waals surface area contributed by atoms with E-state index in [9.17, 15) is 4.79 Å². The van der Waals surface area contributed by atoms with Gasteiger partial charge in [0.1, 0.15) is 0 Å². The zero-order valence-electron chi connectivity index (χ0n) is 9.84. The van der Waals surface area contributed by atoms with Crippen LogP contribution in [0.4, 0.5) is 5.69 Å². The van der Waals surface area contributed by atoms with Crippen LogP contribution in [-0.4, -0.2) is 11.9 Å². The highest BCUT2D eigenvalue weighted by Gasteiger charge is 2.20. The van der Waals surface area contributed by atoms with E-state index in [1.165, 1.54) is 0 Å². The molecule has 0 aliphatic heterocycles. The van der Waals surface area contributed by atoms with Gasteiger partial charge in [-0.25, -0.2) is 0 Å². The van der Waals surface area contributed by atoms with Crippen LogP contribution in [0.3, 0.4) is 0 Å². The fourth-order valence-corrected chi connectivity index (χ4v) is 2.53. The first-order valence-electron chi connectivity index (χ1n) is 5.47. The Balaban J connectivity index is 2.81. The molecule has 5 heteroatoms. The Morgan fingerprint density at radius 2 is 1.94 bits per heavy atom. The third-order valence-electron chi connectivity index (χ3n) is 2.77. The Morgan fingerprint density at radius 1 is 1.41 bits per heavy atom.